The quantitative estimate of drug-likeness (QED) is 0.645. The van der Waals surface area contributed by atoms with Crippen molar-refractivity contribution in [2.45, 2.75) is 57.4 Å². The van der Waals surface area contributed by atoms with E-state index < -0.39 is 0 Å². The van der Waals surface area contributed by atoms with Gasteiger partial charge in [-0.2, -0.15) is 0 Å². The molecule has 2 aromatic heterocycles. The van der Waals surface area contributed by atoms with Gasteiger partial charge in [0.1, 0.15) is 12.4 Å². The van der Waals surface area contributed by atoms with Gasteiger partial charge in [0.25, 0.3) is 0 Å². The molecule has 1 atom stereocenters. The van der Waals surface area contributed by atoms with Gasteiger partial charge in [0, 0.05) is 37.6 Å². The molecule has 2 aliphatic heterocycles. The van der Waals surface area contributed by atoms with E-state index in [1.165, 1.54) is 56.2 Å². The number of piperidine rings is 1. The van der Waals surface area contributed by atoms with E-state index in [0.29, 0.717) is 6.04 Å². The van der Waals surface area contributed by atoms with Crippen LogP contribution in [0.15, 0.2) is 43.0 Å². The number of hydrogen-bond acceptors (Lipinski definition) is 5. The van der Waals surface area contributed by atoms with Crippen molar-refractivity contribution in [3.05, 3.63) is 48.5 Å². The van der Waals surface area contributed by atoms with Gasteiger partial charge in [-0.15, -0.1) is 0 Å². The van der Waals surface area contributed by atoms with Crippen LogP contribution in [0, 0.1) is 5.92 Å². The molecule has 0 spiro atoms. The lowest BCUT2D eigenvalue weighted by molar-refractivity contribution is 0.276. The van der Waals surface area contributed by atoms with Gasteiger partial charge in [-0.25, -0.2) is 0 Å². The fourth-order valence-corrected chi connectivity index (χ4v) is 4.54. The summed E-state index contributed by atoms with van der Waals surface area (Å²) in [5.41, 5.74) is 2.57. The van der Waals surface area contributed by atoms with Gasteiger partial charge in [0.15, 0.2) is 0 Å². The maximum Gasteiger partial charge on any atom is 0.139 e. The summed E-state index contributed by atoms with van der Waals surface area (Å²) in [6.45, 7) is 4.11. The number of anilines is 1. The molecule has 2 aliphatic rings. The summed E-state index contributed by atoms with van der Waals surface area (Å²) < 4.78 is 5.99. The number of nitrogens with zero attached hydrogens (tertiary/aromatic N) is 3. The molecule has 5 heteroatoms. The summed E-state index contributed by atoms with van der Waals surface area (Å²) in [5, 5.41) is 3.48. The smallest absolute Gasteiger partial charge is 0.139 e. The summed E-state index contributed by atoms with van der Waals surface area (Å²) in [4.78, 5) is 11.1. The predicted molar refractivity (Wildman–Crippen MR) is 117 cm³/mol. The molecule has 0 amide bonds. The van der Waals surface area contributed by atoms with Crippen molar-refractivity contribution in [1.29, 1.82) is 0 Å². The molecule has 0 aliphatic carbocycles. The van der Waals surface area contributed by atoms with Crippen molar-refractivity contribution in [2.75, 3.05) is 31.1 Å². The second kappa shape index (κ2) is 10.6. The molecule has 0 bridgehead atoms. The van der Waals surface area contributed by atoms with Crippen LogP contribution in [0.5, 0.6) is 5.75 Å². The van der Waals surface area contributed by atoms with Crippen LogP contribution in [0.4, 0.5) is 5.69 Å². The minimum atomic E-state index is 0.493. The topological polar surface area (TPSA) is 50.3 Å². The number of pyridine rings is 2. The monoisotopic (exact) mass is 394 g/mol. The molecule has 0 aromatic carbocycles. The van der Waals surface area contributed by atoms with Crippen LogP contribution in [0.25, 0.3) is 0 Å². The lowest BCUT2D eigenvalue weighted by atomic mass is 9.91. The Hall–Kier alpha value is -2.14. The van der Waals surface area contributed by atoms with Crippen molar-refractivity contribution in [1.82, 2.24) is 15.3 Å². The van der Waals surface area contributed by atoms with Gasteiger partial charge in [-0.3, -0.25) is 9.97 Å². The highest BCUT2D eigenvalue weighted by atomic mass is 16.5. The third-order valence-electron chi connectivity index (χ3n) is 6.34. The molecular formula is C24H34N4O. The largest absolute Gasteiger partial charge is 0.490 e. The Bertz CT molecular complexity index is 725. The minimum absolute atomic E-state index is 0.493. The van der Waals surface area contributed by atoms with Crippen LogP contribution < -0.4 is 15.0 Å². The Morgan fingerprint density at radius 2 is 2.00 bits per heavy atom. The van der Waals surface area contributed by atoms with E-state index in [0.717, 1.165) is 44.3 Å². The van der Waals surface area contributed by atoms with Crippen LogP contribution in [0.1, 0.15) is 50.5 Å². The normalized spacial score (nSPS) is 20.1. The Morgan fingerprint density at radius 3 is 2.79 bits per heavy atom. The van der Waals surface area contributed by atoms with E-state index >= 15 is 0 Å². The van der Waals surface area contributed by atoms with Gasteiger partial charge in [-0.05, 0) is 62.6 Å². The Labute approximate surface area is 174 Å². The minimum Gasteiger partial charge on any atom is -0.490 e. The van der Waals surface area contributed by atoms with E-state index in [4.69, 9.17) is 4.74 Å². The molecule has 1 N–H and O–H groups in total. The molecule has 29 heavy (non-hydrogen) atoms. The molecule has 2 saturated heterocycles. The van der Waals surface area contributed by atoms with Crippen molar-refractivity contribution < 1.29 is 4.74 Å². The lowest BCUT2D eigenvalue weighted by Crippen LogP contribution is -2.33. The van der Waals surface area contributed by atoms with E-state index in [1.54, 1.807) is 0 Å². The second-order valence-corrected chi connectivity index (χ2v) is 8.52. The first-order chi connectivity index (χ1) is 14.4. The molecular weight excluding hydrogens is 360 g/mol. The summed E-state index contributed by atoms with van der Waals surface area (Å²) in [7, 11) is 0. The summed E-state index contributed by atoms with van der Waals surface area (Å²) in [6, 6.07) is 6.87. The maximum atomic E-state index is 5.99. The van der Waals surface area contributed by atoms with Crippen molar-refractivity contribution in [3.63, 3.8) is 0 Å². The molecule has 1 unspecified atom stereocenters. The first-order valence-electron chi connectivity index (χ1n) is 11.3. The van der Waals surface area contributed by atoms with E-state index in [-0.39, 0.29) is 0 Å². The van der Waals surface area contributed by atoms with Crippen LogP contribution in [-0.2, 0) is 6.42 Å². The predicted octanol–water partition coefficient (Wildman–Crippen LogP) is 4.24. The van der Waals surface area contributed by atoms with E-state index in [2.05, 4.69) is 32.3 Å². The summed E-state index contributed by atoms with van der Waals surface area (Å²) in [5.74, 6) is 1.76. The number of aromatic nitrogens is 2. The van der Waals surface area contributed by atoms with Gasteiger partial charge >= 0.3 is 0 Å². The second-order valence-electron chi connectivity index (χ2n) is 8.52. The fraction of sp³-hybridized carbons (Fsp3) is 0.583. The fourth-order valence-electron chi connectivity index (χ4n) is 4.54. The lowest BCUT2D eigenvalue weighted by Gasteiger charge is -2.33. The van der Waals surface area contributed by atoms with Crippen LogP contribution in [0.2, 0.25) is 0 Å². The number of unbranched alkanes of at least 4 members (excludes halogenated alkanes) is 1. The zero-order chi connectivity index (χ0) is 19.7. The SMILES string of the molecule is c1cncc(CCCCC2CCN(c3cncc(OCC4CCCN4)c3)CC2)c1. The number of ether oxygens (including phenoxy) is 1. The molecule has 0 radical (unpaired) electrons. The van der Waals surface area contributed by atoms with Gasteiger partial charge in [-0.1, -0.05) is 18.9 Å². The average Bonchev–Trinajstić information content (AvgIpc) is 3.30. The Morgan fingerprint density at radius 1 is 1.07 bits per heavy atom. The summed E-state index contributed by atoms with van der Waals surface area (Å²) >= 11 is 0. The van der Waals surface area contributed by atoms with Crippen LogP contribution in [-0.4, -0.2) is 42.3 Å². The molecule has 2 fully saturated rings. The highest BCUT2D eigenvalue weighted by molar-refractivity contribution is 5.48. The highest BCUT2D eigenvalue weighted by Crippen LogP contribution is 2.28. The zero-order valence-electron chi connectivity index (χ0n) is 17.4. The van der Waals surface area contributed by atoms with Crippen molar-refractivity contribution in [2.24, 2.45) is 5.92 Å². The zero-order valence-corrected chi connectivity index (χ0v) is 17.4. The number of aryl methyl sites for hydroxylation is 1. The first-order valence-corrected chi connectivity index (χ1v) is 11.3. The van der Waals surface area contributed by atoms with Crippen LogP contribution >= 0.6 is 0 Å². The molecule has 2 aromatic rings. The van der Waals surface area contributed by atoms with E-state index in [9.17, 15) is 0 Å². The van der Waals surface area contributed by atoms with Gasteiger partial charge in [0.2, 0.25) is 0 Å². The number of nitrogens with one attached hydrogen (secondary N) is 1. The van der Waals surface area contributed by atoms with Crippen LogP contribution in [0.3, 0.4) is 0 Å². The molecule has 4 heterocycles. The van der Waals surface area contributed by atoms with Gasteiger partial charge < -0.3 is 15.0 Å². The van der Waals surface area contributed by atoms with E-state index in [1.807, 2.05) is 30.9 Å². The van der Waals surface area contributed by atoms with Crippen molar-refractivity contribution >= 4 is 5.69 Å². The highest BCUT2D eigenvalue weighted by Gasteiger charge is 2.20. The van der Waals surface area contributed by atoms with Crippen molar-refractivity contribution in [3.8, 4) is 5.75 Å². The summed E-state index contributed by atoms with van der Waals surface area (Å²) in [6.07, 6.45) is 17.8. The van der Waals surface area contributed by atoms with Gasteiger partial charge in [0.05, 0.1) is 18.1 Å². The molecule has 0 saturated carbocycles. The maximum absolute atomic E-state index is 5.99. The number of rotatable bonds is 9. The molecule has 156 valence electrons. The Balaban J connectivity index is 1.16. The Kier molecular flexibility index (Phi) is 7.35. The third kappa shape index (κ3) is 6.17. The first kappa shape index (κ1) is 20.1. The average molecular weight is 395 g/mol. The third-order valence-corrected chi connectivity index (χ3v) is 6.34. The molecule has 4 rings (SSSR count). The standard InChI is InChI=1S/C24H34N4O/c1(2-6-21-7-3-11-25-16-21)5-20-9-13-28(14-10-20)23-15-24(18-26-17-23)29-19-22-8-4-12-27-22/h3,7,11,15-18,20,22,27H,1-2,4-6,8-10,12-14,19H2. The number of hydrogen-bond donors (Lipinski definition) is 1. The molecule has 5 nitrogen and oxygen atoms in total.